The number of rotatable bonds is 5. The molecule has 1 rings (SSSR count). The Bertz CT molecular complexity index is 551. The molecule has 3 nitrogen and oxygen atoms in total. The van der Waals surface area contributed by atoms with Gasteiger partial charge in [-0.3, -0.25) is 4.79 Å². The summed E-state index contributed by atoms with van der Waals surface area (Å²) in [6.45, 7) is 7.27. The van der Waals surface area contributed by atoms with Crippen molar-refractivity contribution in [1.29, 1.82) is 5.26 Å². The van der Waals surface area contributed by atoms with Crippen molar-refractivity contribution >= 4 is 40.9 Å². The molecule has 0 aliphatic heterocycles. The predicted molar refractivity (Wildman–Crippen MR) is 88.8 cm³/mol. The van der Waals surface area contributed by atoms with Gasteiger partial charge in [0.25, 0.3) is 0 Å². The monoisotopic (exact) mass is 344 g/mol. The zero-order chi connectivity index (χ0) is 16.2. The average Bonchev–Trinajstić information content (AvgIpc) is 2.42. The van der Waals surface area contributed by atoms with Crippen LogP contribution in [-0.2, 0) is 4.79 Å². The molecule has 0 fully saturated rings. The largest absolute Gasteiger partial charge is 0.337 e. The summed E-state index contributed by atoms with van der Waals surface area (Å²) in [7, 11) is 0. The fourth-order valence-electron chi connectivity index (χ4n) is 1.48. The highest BCUT2D eigenvalue weighted by molar-refractivity contribution is 8.00. The minimum absolute atomic E-state index is 0.00699. The number of halogens is 2. The molecule has 0 aliphatic rings. The van der Waals surface area contributed by atoms with Gasteiger partial charge in [0.15, 0.2) is 0 Å². The van der Waals surface area contributed by atoms with Crippen LogP contribution in [0.3, 0.4) is 0 Å². The molecular weight excluding hydrogens is 327 g/mol. The van der Waals surface area contributed by atoms with Crippen molar-refractivity contribution in [2.45, 2.75) is 43.4 Å². The number of hydrogen-bond donors (Lipinski definition) is 1. The number of thioether (sulfide) groups is 1. The van der Waals surface area contributed by atoms with Gasteiger partial charge in [0.05, 0.1) is 21.4 Å². The molecule has 1 aromatic carbocycles. The number of nitrogens with zero attached hydrogens (tertiary/aromatic N) is 1. The van der Waals surface area contributed by atoms with Crippen LogP contribution in [0.5, 0.6) is 0 Å². The molecule has 0 heterocycles. The van der Waals surface area contributed by atoms with E-state index in [1.54, 1.807) is 32.0 Å². The normalized spacial score (nSPS) is 15.1. The molecule has 0 bridgehead atoms. The lowest BCUT2D eigenvalue weighted by atomic mass is 9.90. The first-order valence-corrected chi connectivity index (χ1v) is 8.18. The third-order valence-corrected chi connectivity index (χ3v) is 5.45. The number of nitrogens with one attached hydrogen (secondary N) is 1. The number of carbonyl (C=O) groups is 1. The topological polar surface area (TPSA) is 52.9 Å². The Morgan fingerprint density at radius 2 is 1.86 bits per heavy atom. The fraction of sp³-hybridized carbons (Fsp3) is 0.467. The first-order valence-electron chi connectivity index (χ1n) is 6.55. The third-order valence-electron chi connectivity index (χ3n) is 3.35. The Morgan fingerprint density at radius 3 is 2.29 bits per heavy atom. The Kier molecular flexibility index (Phi) is 6.40. The zero-order valence-electron chi connectivity index (χ0n) is 12.4. The number of carbonyl (C=O) groups excluding carboxylic acids is 1. The Morgan fingerprint density at radius 1 is 1.33 bits per heavy atom. The van der Waals surface area contributed by atoms with Gasteiger partial charge in [-0.25, -0.2) is 0 Å². The Labute approximate surface area is 140 Å². The van der Waals surface area contributed by atoms with E-state index in [0.29, 0.717) is 14.9 Å². The van der Waals surface area contributed by atoms with Gasteiger partial charge in [-0.05, 0) is 31.9 Å². The van der Waals surface area contributed by atoms with Crippen molar-refractivity contribution in [3.8, 4) is 6.07 Å². The van der Waals surface area contributed by atoms with Crippen LogP contribution in [0.4, 0.5) is 0 Å². The standard InChI is InChI=1S/C15H18Cl2N2OS/c1-9(2)15(4,8-18)19-14(20)10(3)21-13-11(16)6-5-7-12(13)17/h5-7,9-10H,1-4H3,(H,19,20)/t10-,15+/m0/s1. The van der Waals surface area contributed by atoms with Gasteiger partial charge in [0.1, 0.15) is 5.54 Å². The van der Waals surface area contributed by atoms with Gasteiger partial charge < -0.3 is 5.32 Å². The molecule has 0 saturated carbocycles. The van der Waals surface area contributed by atoms with Crippen LogP contribution >= 0.6 is 35.0 Å². The van der Waals surface area contributed by atoms with Crippen LogP contribution < -0.4 is 5.32 Å². The molecule has 0 unspecified atom stereocenters. The number of amides is 1. The summed E-state index contributed by atoms with van der Waals surface area (Å²) in [5.41, 5.74) is -0.893. The summed E-state index contributed by atoms with van der Waals surface area (Å²) in [4.78, 5) is 13.0. The van der Waals surface area contributed by atoms with E-state index >= 15 is 0 Å². The van der Waals surface area contributed by atoms with Gasteiger partial charge in [0.2, 0.25) is 5.91 Å². The van der Waals surface area contributed by atoms with Crippen LogP contribution in [0.15, 0.2) is 23.1 Å². The van der Waals surface area contributed by atoms with E-state index in [0.717, 1.165) is 0 Å². The molecule has 1 N–H and O–H groups in total. The highest BCUT2D eigenvalue weighted by atomic mass is 35.5. The Hall–Kier alpha value is -0.890. The highest BCUT2D eigenvalue weighted by Gasteiger charge is 2.32. The maximum atomic E-state index is 12.3. The number of nitriles is 1. The predicted octanol–water partition coefficient (Wildman–Crippen LogP) is 4.53. The van der Waals surface area contributed by atoms with Crippen LogP contribution in [0, 0.1) is 17.2 Å². The molecule has 0 aliphatic carbocycles. The SMILES string of the molecule is CC(C)[C@@](C)(C#N)NC(=O)[C@H](C)Sc1c(Cl)cccc1Cl. The second-order valence-electron chi connectivity index (χ2n) is 5.27. The number of hydrogen-bond acceptors (Lipinski definition) is 3. The molecule has 6 heteroatoms. The van der Waals surface area contributed by atoms with Gasteiger partial charge >= 0.3 is 0 Å². The summed E-state index contributed by atoms with van der Waals surface area (Å²) in [6, 6.07) is 7.37. The maximum absolute atomic E-state index is 12.3. The van der Waals surface area contributed by atoms with E-state index in [1.807, 2.05) is 13.8 Å². The summed E-state index contributed by atoms with van der Waals surface area (Å²) in [5.74, 6) is -0.207. The molecule has 21 heavy (non-hydrogen) atoms. The van der Waals surface area contributed by atoms with E-state index in [2.05, 4.69) is 11.4 Å². The van der Waals surface area contributed by atoms with Gasteiger partial charge in [-0.15, -0.1) is 11.8 Å². The smallest absolute Gasteiger partial charge is 0.234 e. The van der Waals surface area contributed by atoms with Crippen LogP contribution in [-0.4, -0.2) is 16.7 Å². The minimum Gasteiger partial charge on any atom is -0.337 e. The highest BCUT2D eigenvalue weighted by Crippen LogP contribution is 2.36. The van der Waals surface area contributed by atoms with Crippen molar-refractivity contribution in [2.24, 2.45) is 5.92 Å². The van der Waals surface area contributed by atoms with Crippen molar-refractivity contribution in [3.63, 3.8) is 0 Å². The molecule has 1 amide bonds. The Balaban J connectivity index is 2.83. The van der Waals surface area contributed by atoms with E-state index in [-0.39, 0.29) is 11.8 Å². The minimum atomic E-state index is -0.893. The van der Waals surface area contributed by atoms with Crippen molar-refractivity contribution < 1.29 is 4.79 Å². The summed E-state index contributed by atoms with van der Waals surface area (Å²) in [6.07, 6.45) is 0. The van der Waals surface area contributed by atoms with E-state index in [1.165, 1.54) is 11.8 Å². The lowest BCUT2D eigenvalue weighted by Crippen LogP contribution is -2.51. The van der Waals surface area contributed by atoms with Crippen LogP contribution in [0.1, 0.15) is 27.7 Å². The molecule has 2 atom stereocenters. The quantitative estimate of drug-likeness (QED) is 0.798. The average molecular weight is 345 g/mol. The second kappa shape index (κ2) is 7.40. The summed E-state index contributed by atoms with van der Waals surface area (Å²) in [5, 5.41) is 12.7. The molecule has 0 radical (unpaired) electrons. The molecule has 114 valence electrons. The van der Waals surface area contributed by atoms with Crippen LogP contribution in [0.2, 0.25) is 10.0 Å². The first kappa shape index (κ1) is 18.2. The lowest BCUT2D eigenvalue weighted by Gasteiger charge is -2.28. The van der Waals surface area contributed by atoms with Crippen LogP contribution in [0.25, 0.3) is 0 Å². The first-order chi connectivity index (χ1) is 9.71. The molecule has 0 saturated heterocycles. The zero-order valence-corrected chi connectivity index (χ0v) is 14.7. The van der Waals surface area contributed by atoms with E-state index < -0.39 is 10.8 Å². The van der Waals surface area contributed by atoms with Crippen molar-refractivity contribution in [3.05, 3.63) is 28.2 Å². The molecular formula is C15H18Cl2N2OS. The lowest BCUT2D eigenvalue weighted by molar-refractivity contribution is -0.121. The number of benzene rings is 1. The molecule has 1 aromatic rings. The van der Waals surface area contributed by atoms with Crippen molar-refractivity contribution in [1.82, 2.24) is 5.32 Å². The molecule has 0 aromatic heterocycles. The molecule has 0 spiro atoms. The maximum Gasteiger partial charge on any atom is 0.234 e. The van der Waals surface area contributed by atoms with Gasteiger partial charge in [-0.2, -0.15) is 5.26 Å². The van der Waals surface area contributed by atoms with Gasteiger partial charge in [0, 0.05) is 4.90 Å². The summed E-state index contributed by atoms with van der Waals surface area (Å²) >= 11 is 13.5. The second-order valence-corrected chi connectivity index (χ2v) is 7.43. The van der Waals surface area contributed by atoms with E-state index in [4.69, 9.17) is 23.2 Å². The summed E-state index contributed by atoms with van der Waals surface area (Å²) < 4.78 is 0. The fourth-order valence-corrected chi connectivity index (χ4v) is 3.03. The van der Waals surface area contributed by atoms with Gasteiger partial charge in [-0.1, -0.05) is 43.1 Å². The van der Waals surface area contributed by atoms with Crippen molar-refractivity contribution in [2.75, 3.05) is 0 Å². The third kappa shape index (κ3) is 4.54. The van der Waals surface area contributed by atoms with E-state index in [9.17, 15) is 10.1 Å².